The lowest BCUT2D eigenvalue weighted by Crippen LogP contribution is -2.30. The summed E-state index contributed by atoms with van der Waals surface area (Å²) in [5, 5.41) is 9.72. The Morgan fingerprint density at radius 2 is 2.20 bits per heavy atom. The minimum atomic E-state index is -1.40. The summed E-state index contributed by atoms with van der Waals surface area (Å²) in [6.07, 6.45) is 0. The third-order valence-electron chi connectivity index (χ3n) is 0.657. The SMILES string of the molecule is CC(Br)C(=O)OCC(=O)[O-]. The largest absolute Gasteiger partial charge is 0.546 e. The normalized spacial score (nSPS) is 12.2. The van der Waals surface area contributed by atoms with E-state index in [2.05, 4.69) is 20.7 Å². The minimum absolute atomic E-state index is 0.480. The van der Waals surface area contributed by atoms with E-state index in [1.165, 1.54) is 6.92 Å². The number of carboxylic acid groups (broad SMARTS) is 1. The molecule has 0 heterocycles. The summed E-state index contributed by atoms with van der Waals surface area (Å²) in [6.45, 7) is 0.854. The van der Waals surface area contributed by atoms with Crippen LogP contribution in [0.2, 0.25) is 0 Å². The zero-order valence-corrected chi connectivity index (χ0v) is 6.88. The molecule has 0 bridgehead atoms. The van der Waals surface area contributed by atoms with Gasteiger partial charge in [-0.2, -0.15) is 0 Å². The van der Waals surface area contributed by atoms with Crippen molar-refractivity contribution < 1.29 is 19.4 Å². The molecule has 0 rings (SSSR count). The molecule has 0 N–H and O–H groups in total. The van der Waals surface area contributed by atoms with Gasteiger partial charge in [-0.3, -0.25) is 4.79 Å². The van der Waals surface area contributed by atoms with Gasteiger partial charge >= 0.3 is 5.97 Å². The topological polar surface area (TPSA) is 66.4 Å². The summed E-state index contributed by atoms with van der Waals surface area (Å²) in [5.41, 5.74) is 0. The Kier molecular flexibility index (Phi) is 4.02. The highest BCUT2D eigenvalue weighted by molar-refractivity contribution is 9.10. The van der Waals surface area contributed by atoms with Crippen molar-refractivity contribution >= 4 is 27.9 Å². The lowest BCUT2D eigenvalue weighted by Gasteiger charge is -2.05. The average Bonchev–Trinajstić information content (AvgIpc) is 1.82. The van der Waals surface area contributed by atoms with Crippen molar-refractivity contribution in [3.63, 3.8) is 0 Å². The molecule has 4 nitrogen and oxygen atoms in total. The molecule has 10 heavy (non-hydrogen) atoms. The van der Waals surface area contributed by atoms with Crippen molar-refractivity contribution in [3.8, 4) is 0 Å². The Morgan fingerprint density at radius 3 is 2.50 bits per heavy atom. The predicted molar refractivity (Wildman–Crippen MR) is 34.4 cm³/mol. The first kappa shape index (κ1) is 9.42. The molecule has 0 amide bonds. The maximum atomic E-state index is 10.5. The quantitative estimate of drug-likeness (QED) is 0.445. The number of carboxylic acids is 1. The van der Waals surface area contributed by atoms with Crippen LogP contribution in [0.1, 0.15) is 6.92 Å². The van der Waals surface area contributed by atoms with Crippen molar-refractivity contribution in [1.82, 2.24) is 0 Å². The average molecular weight is 210 g/mol. The molecule has 58 valence electrons. The number of ether oxygens (including phenoxy) is 1. The fourth-order valence-electron chi connectivity index (χ4n) is 0.245. The van der Waals surface area contributed by atoms with Gasteiger partial charge in [-0.25, -0.2) is 0 Å². The fourth-order valence-corrected chi connectivity index (χ4v) is 0.377. The van der Waals surface area contributed by atoms with Gasteiger partial charge in [0.15, 0.2) is 0 Å². The van der Waals surface area contributed by atoms with Crippen LogP contribution >= 0.6 is 15.9 Å². The van der Waals surface area contributed by atoms with E-state index in [0.29, 0.717) is 0 Å². The number of rotatable bonds is 3. The molecule has 0 saturated heterocycles. The van der Waals surface area contributed by atoms with Crippen molar-refractivity contribution in [2.45, 2.75) is 11.8 Å². The van der Waals surface area contributed by atoms with E-state index in [4.69, 9.17) is 0 Å². The molecular formula is C5H6BrO4-. The molecule has 0 aromatic rings. The van der Waals surface area contributed by atoms with Crippen LogP contribution in [-0.4, -0.2) is 23.4 Å². The Hall–Kier alpha value is -0.580. The van der Waals surface area contributed by atoms with Crippen LogP contribution in [0.5, 0.6) is 0 Å². The third kappa shape index (κ3) is 4.31. The first-order valence-corrected chi connectivity index (χ1v) is 3.46. The smallest absolute Gasteiger partial charge is 0.319 e. The van der Waals surface area contributed by atoms with Gasteiger partial charge in [0.25, 0.3) is 0 Å². The molecule has 0 aliphatic rings. The van der Waals surface area contributed by atoms with Crippen molar-refractivity contribution in [3.05, 3.63) is 0 Å². The number of carbonyl (C=O) groups is 2. The van der Waals surface area contributed by atoms with Gasteiger partial charge in [0, 0.05) is 0 Å². The summed E-state index contributed by atoms with van der Waals surface area (Å²) in [7, 11) is 0. The minimum Gasteiger partial charge on any atom is -0.546 e. The summed E-state index contributed by atoms with van der Waals surface area (Å²) >= 11 is 2.90. The van der Waals surface area contributed by atoms with Crippen LogP contribution in [0, 0.1) is 0 Å². The van der Waals surface area contributed by atoms with Crippen LogP contribution < -0.4 is 5.11 Å². The van der Waals surface area contributed by atoms with E-state index in [-0.39, 0.29) is 0 Å². The van der Waals surface area contributed by atoms with Gasteiger partial charge in [0.2, 0.25) is 0 Å². The summed E-state index contributed by atoms with van der Waals surface area (Å²) in [5.74, 6) is -2.01. The van der Waals surface area contributed by atoms with Crippen LogP contribution in [0.25, 0.3) is 0 Å². The van der Waals surface area contributed by atoms with Gasteiger partial charge in [-0.1, -0.05) is 15.9 Å². The molecule has 1 unspecified atom stereocenters. The molecule has 0 aromatic carbocycles. The number of aliphatic carboxylic acids is 1. The standard InChI is InChI=1S/C5H7BrO4/c1-3(6)5(9)10-2-4(7)8/h3H,2H2,1H3,(H,7,8)/p-1. The Morgan fingerprint density at radius 1 is 1.70 bits per heavy atom. The highest BCUT2D eigenvalue weighted by atomic mass is 79.9. The zero-order valence-electron chi connectivity index (χ0n) is 5.30. The Labute approximate surface area is 66.3 Å². The molecular weight excluding hydrogens is 204 g/mol. The number of carbonyl (C=O) groups excluding carboxylic acids is 2. The third-order valence-corrected chi connectivity index (χ3v) is 1.03. The van der Waals surface area contributed by atoms with Gasteiger partial charge in [-0.15, -0.1) is 0 Å². The molecule has 0 aliphatic heterocycles. The van der Waals surface area contributed by atoms with Gasteiger partial charge in [-0.05, 0) is 6.92 Å². The number of hydrogen-bond donors (Lipinski definition) is 0. The van der Waals surface area contributed by atoms with Crippen LogP contribution in [0.4, 0.5) is 0 Å². The van der Waals surface area contributed by atoms with Crippen molar-refractivity contribution in [2.75, 3.05) is 6.61 Å². The second-order valence-electron chi connectivity index (χ2n) is 1.60. The van der Waals surface area contributed by atoms with E-state index >= 15 is 0 Å². The second-order valence-corrected chi connectivity index (χ2v) is 2.97. The number of hydrogen-bond acceptors (Lipinski definition) is 4. The molecule has 1 atom stereocenters. The van der Waals surface area contributed by atoms with E-state index in [1.54, 1.807) is 0 Å². The van der Waals surface area contributed by atoms with E-state index in [0.717, 1.165) is 0 Å². The predicted octanol–water partition coefficient (Wildman–Crippen LogP) is -0.937. The zero-order chi connectivity index (χ0) is 8.15. The first-order valence-electron chi connectivity index (χ1n) is 2.54. The molecule has 5 heteroatoms. The van der Waals surface area contributed by atoms with Gasteiger partial charge in [0.05, 0.1) is 5.97 Å². The molecule has 0 radical (unpaired) electrons. The van der Waals surface area contributed by atoms with E-state index < -0.39 is 23.4 Å². The summed E-state index contributed by atoms with van der Waals surface area (Å²) in [4.78, 5) is 19.7. The fraction of sp³-hybridized carbons (Fsp3) is 0.600. The number of esters is 1. The molecule has 0 aliphatic carbocycles. The van der Waals surface area contributed by atoms with Gasteiger partial charge in [0.1, 0.15) is 11.4 Å². The molecule has 0 aromatic heterocycles. The second kappa shape index (κ2) is 4.27. The van der Waals surface area contributed by atoms with Crippen LogP contribution in [-0.2, 0) is 14.3 Å². The van der Waals surface area contributed by atoms with E-state index in [1.807, 2.05) is 0 Å². The van der Waals surface area contributed by atoms with Crippen molar-refractivity contribution in [2.24, 2.45) is 0 Å². The highest BCUT2D eigenvalue weighted by Gasteiger charge is 2.08. The first-order chi connectivity index (χ1) is 4.54. The van der Waals surface area contributed by atoms with Crippen LogP contribution in [0.3, 0.4) is 0 Å². The monoisotopic (exact) mass is 209 g/mol. The number of alkyl halides is 1. The van der Waals surface area contributed by atoms with E-state index in [9.17, 15) is 14.7 Å². The number of halogens is 1. The van der Waals surface area contributed by atoms with Crippen molar-refractivity contribution in [1.29, 1.82) is 0 Å². The summed E-state index contributed by atoms with van der Waals surface area (Å²) < 4.78 is 4.22. The lowest BCUT2D eigenvalue weighted by molar-refractivity contribution is -0.308. The Bertz CT molecular complexity index is 143. The molecule has 0 fully saturated rings. The maximum absolute atomic E-state index is 10.5. The highest BCUT2D eigenvalue weighted by Crippen LogP contribution is 1.98. The van der Waals surface area contributed by atoms with Crippen LogP contribution in [0.15, 0.2) is 0 Å². The Balaban J connectivity index is 3.50. The molecule has 0 spiro atoms. The maximum Gasteiger partial charge on any atom is 0.319 e. The van der Waals surface area contributed by atoms with Gasteiger partial charge < -0.3 is 14.6 Å². The molecule has 0 saturated carbocycles. The lowest BCUT2D eigenvalue weighted by atomic mass is 10.5. The summed E-state index contributed by atoms with van der Waals surface area (Å²) in [6, 6.07) is 0.